The number of hydrogen-bond acceptors (Lipinski definition) is 6. The first kappa shape index (κ1) is 31.8. The van der Waals surface area contributed by atoms with E-state index in [0.29, 0.717) is 18.4 Å². The minimum Gasteiger partial charge on any atom is -0.451 e. The zero-order valence-corrected chi connectivity index (χ0v) is 26.9. The van der Waals surface area contributed by atoms with Gasteiger partial charge in [-0.3, -0.25) is 9.59 Å². The molecule has 3 fully saturated rings. The van der Waals surface area contributed by atoms with Crippen LogP contribution in [0.1, 0.15) is 73.0 Å². The largest absolute Gasteiger partial charge is 0.451 e. The first-order valence-electron chi connectivity index (χ1n) is 17.2. The minimum absolute atomic E-state index is 0.00161. The van der Waals surface area contributed by atoms with Gasteiger partial charge in [0.1, 0.15) is 11.1 Å². The molecule has 1 aromatic heterocycles. The van der Waals surface area contributed by atoms with E-state index in [2.05, 4.69) is 44.7 Å². The number of nitrogens with one attached hydrogen (secondary N) is 2. The van der Waals surface area contributed by atoms with Gasteiger partial charge in [0.15, 0.2) is 5.76 Å². The lowest BCUT2D eigenvalue weighted by molar-refractivity contribution is -0.128. The highest BCUT2D eigenvalue weighted by atomic mass is 16.5. The lowest BCUT2D eigenvalue weighted by Gasteiger charge is -2.37. The highest BCUT2D eigenvalue weighted by molar-refractivity contribution is 6.00. The zero-order valence-electron chi connectivity index (χ0n) is 26.9. The summed E-state index contributed by atoms with van der Waals surface area (Å²) in [6, 6.07) is 18.1. The van der Waals surface area contributed by atoms with Crippen LogP contribution in [0.3, 0.4) is 0 Å². The number of piperazine rings is 1. The van der Waals surface area contributed by atoms with Gasteiger partial charge in [0.2, 0.25) is 5.91 Å². The second-order valence-corrected chi connectivity index (χ2v) is 13.6. The normalized spacial score (nSPS) is 20.3. The SMILES string of the molecule is Cc1ccc2oc(C(=O)NC3(C(=O)N[C@@H](CCCN4CCN(CC5CCOCC5)CC4)Cc4ccccc4)CCCC3)cc2c1. The fraction of sp³-hybridized carbons (Fsp3) is 0.568. The fourth-order valence-electron chi connectivity index (χ4n) is 7.44. The molecule has 2 N–H and O–H groups in total. The lowest BCUT2D eigenvalue weighted by atomic mass is 9.93. The van der Waals surface area contributed by atoms with Crippen molar-refractivity contribution in [3.8, 4) is 0 Å². The van der Waals surface area contributed by atoms with Gasteiger partial charge in [0.05, 0.1) is 0 Å². The van der Waals surface area contributed by atoms with Crippen LogP contribution in [-0.2, 0) is 16.0 Å². The third kappa shape index (κ3) is 8.34. The molecule has 2 amide bonds. The van der Waals surface area contributed by atoms with Crippen molar-refractivity contribution < 1.29 is 18.7 Å². The van der Waals surface area contributed by atoms with Crippen LogP contribution in [0.5, 0.6) is 0 Å². The molecule has 45 heavy (non-hydrogen) atoms. The maximum Gasteiger partial charge on any atom is 0.287 e. The Morgan fingerprint density at radius 1 is 0.956 bits per heavy atom. The molecule has 0 unspecified atom stereocenters. The maximum atomic E-state index is 14.0. The molecule has 3 aromatic rings. The van der Waals surface area contributed by atoms with E-state index in [1.54, 1.807) is 6.07 Å². The third-order valence-electron chi connectivity index (χ3n) is 10.1. The summed E-state index contributed by atoms with van der Waals surface area (Å²) >= 11 is 0. The molecule has 8 heteroatoms. The minimum atomic E-state index is -0.915. The quantitative estimate of drug-likeness (QED) is 0.287. The number of fused-ring (bicyclic) bond motifs is 1. The zero-order chi connectivity index (χ0) is 31.1. The summed E-state index contributed by atoms with van der Waals surface area (Å²) in [6.45, 7) is 10.6. The van der Waals surface area contributed by atoms with Gasteiger partial charge >= 0.3 is 0 Å². The van der Waals surface area contributed by atoms with E-state index >= 15 is 0 Å². The second kappa shape index (κ2) is 14.9. The molecular weight excluding hydrogens is 564 g/mol. The van der Waals surface area contributed by atoms with Crippen LogP contribution < -0.4 is 10.6 Å². The first-order valence-corrected chi connectivity index (χ1v) is 17.2. The van der Waals surface area contributed by atoms with Gasteiger partial charge < -0.3 is 29.6 Å². The summed E-state index contributed by atoms with van der Waals surface area (Å²) in [5.74, 6) is 0.645. The Hall–Kier alpha value is -3.20. The van der Waals surface area contributed by atoms with Crippen molar-refractivity contribution in [2.45, 2.75) is 76.3 Å². The van der Waals surface area contributed by atoms with Gasteiger partial charge in [-0.2, -0.15) is 0 Å². The van der Waals surface area contributed by atoms with Gasteiger partial charge in [-0.05, 0) is 88.1 Å². The number of furan rings is 1. The predicted molar refractivity (Wildman–Crippen MR) is 177 cm³/mol. The molecule has 0 bridgehead atoms. The van der Waals surface area contributed by atoms with E-state index in [4.69, 9.17) is 9.15 Å². The Labute approximate surface area is 267 Å². The standard InChI is InChI=1S/C37H50N4O4/c1-28-11-12-33-31(24-28)26-34(45-33)35(42)39-37(15-5-6-16-37)36(43)38-32(25-29-8-3-2-4-9-29)10-7-17-40-18-20-41(21-19-40)27-30-13-22-44-23-14-30/h2-4,8-9,11-12,24,26,30,32H,5-7,10,13-23,25,27H2,1H3,(H,38,43)(H,39,42)/t32-/m0/s1. The van der Waals surface area contributed by atoms with Crippen molar-refractivity contribution in [3.05, 3.63) is 71.5 Å². The smallest absolute Gasteiger partial charge is 0.287 e. The molecular formula is C37H50N4O4. The molecule has 0 spiro atoms. The maximum absolute atomic E-state index is 14.0. The van der Waals surface area contributed by atoms with Crippen LogP contribution in [0.4, 0.5) is 0 Å². The molecule has 2 aromatic carbocycles. The van der Waals surface area contributed by atoms with E-state index in [1.165, 1.54) is 24.9 Å². The number of carbonyl (C=O) groups excluding carboxylic acids is 2. The number of ether oxygens (including phenoxy) is 1. The highest BCUT2D eigenvalue weighted by Gasteiger charge is 2.43. The fourth-order valence-corrected chi connectivity index (χ4v) is 7.44. The topological polar surface area (TPSA) is 87.0 Å². The molecule has 2 saturated heterocycles. The summed E-state index contributed by atoms with van der Waals surface area (Å²) in [5, 5.41) is 7.43. The number of benzene rings is 2. The van der Waals surface area contributed by atoms with Gasteiger partial charge in [0.25, 0.3) is 5.91 Å². The Kier molecular flexibility index (Phi) is 10.5. The molecule has 1 saturated carbocycles. The van der Waals surface area contributed by atoms with Crippen LogP contribution >= 0.6 is 0 Å². The van der Waals surface area contributed by atoms with E-state index in [9.17, 15) is 9.59 Å². The first-order chi connectivity index (χ1) is 22.0. The Morgan fingerprint density at radius 3 is 2.44 bits per heavy atom. The van der Waals surface area contributed by atoms with Crippen LogP contribution in [0.25, 0.3) is 11.0 Å². The summed E-state index contributed by atoms with van der Waals surface area (Å²) in [6.07, 6.45) is 8.19. The van der Waals surface area contributed by atoms with Crippen LogP contribution in [0, 0.1) is 12.8 Å². The molecule has 3 aliphatic rings. The molecule has 242 valence electrons. The number of nitrogens with zero attached hydrogens (tertiary/aromatic N) is 2. The molecule has 1 atom stereocenters. The number of hydrogen-bond donors (Lipinski definition) is 2. The highest BCUT2D eigenvalue weighted by Crippen LogP contribution is 2.31. The van der Waals surface area contributed by atoms with Crippen molar-refractivity contribution in [1.82, 2.24) is 20.4 Å². The van der Waals surface area contributed by atoms with Crippen molar-refractivity contribution in [3.63, 3.8) is 0 Å². The Bertz CT molecular complexity index is 1400. The second-order valence-electron chi connectivity index (χ2n) is 13.6. The molecule has 8 nitrogen and oxygen atoms in total. The molecule has 2 aliphatic heterocycles. The van der Waals surface area contributed by atoms with Crippen molar-refractivity contribution in [1.29, 1.82) is 0 Å². The van der Waals surface area contributed by atoms with Crippen LogP contribution in [0.15, 0.2) is 59.0 Å². The van der Waals surface area contributed by atoms with E-state index in [-0.39, 0.29) is 23.6 Å². The number of carbonyl (C=O) groups is 2. The average Bonchev–Trinajstić information content (AvgIpc) is 3.71. The molecule has 1 aliphatic carbocycles. The summed E-state index contributed by atoms with van der Waals surface area (Å²) in [5.41, 5.74) is 2.09. The monoisotopic (exact) mass is 614 g/mol. The number of rotatable bonds is 12. The van der Waals surface area contributed by atoms with Crippen molar-refractivity contribution in [2.75, 3.05) is 52.5 Å². The van der Waals surface area contributed by atoms with Gasteiger partial charge in [0, 0.05) is 57.4 Å². The number of aryl methyl sites for hydroxylation is 1. The van der Waals surface area contributed by atoms with Crippen LogP contribution in [0.2, 0.25) is 0 Å². The van der Waals surface area contributed by atoms with E-state index < -0.39 is 5.54 Å². The average molecular weight is 615 g/mol. The van der Waals surface area contributed by atoms with Crippen molar-refractivity contribution >= 4 is 22.8 Å². The molecule has 6 rings (SSSR count). The summed E-state index contributed by atoms with van der Waals surface area (Å²) < 4.78 is 11.4. The lowest BCUT2D eigenvalue weighted by Crippen LogP contribution is -2.59. The van der Waals surface area contributed by atoms with Gasteiger partial charge in [-0.25, -0.2) is 0 Å². The number of amides is 2. The van der Waals surface area contributed by atoms with Gasteiger partial charge in [-0.1, -0.05) is 54.8 Å². The Morgan fingerprint density at radius 2 is 1.69 bits per heavy atom. The molecule has 0 radical (unpaired) electrons. The predicted octanol–water partition coefficient (Wildman–Crippen LogP) is 5.34. The Balaban J connectivity index is 1.05. The van der Waals surface area contributed by atoms with Crippen LogP contribution in [-0.4, -0.2) is 85.7 Å². The van der Waals surface area contributed by atoms with Gasteiger partial charge in [-0.15, -0.1) is 0 Å². The third-order valence-corrected chi connectivity index (χ3v) is 10.1. The summed E-state index contributed by atoms with van der Waals surface area (Å²) in [7, 11) is 0. The van der Waals surface area contributed by atoms with E-state index in [0.717, 1.165) is 94.9 Å². The van der Waals surface area contributed by atoms with E-state index in [1.807, 2.05) is 31.2 Å². The summed E-state index contributed by atoms with van der Waals surface area (Å²) in [4.78, 5) is 32.7. The molecule has 3 heterocycles. The van der Waals surface area contributed by atoms with Crippen molar-refractivity contribution in [2.24, 2.45) is 5.92 Å².